The van der Waals surface area contributed by atoms with Gasteiger partial charge in [0.2, 0.25) is 5.78 Å². The highest BCUT2D eigenvalue weighted by Gasteiger charge is 2.24. The number of ketones is 1. The van der Waals surface area contributed by atoms with E-state index >= 15 is 0 Å². The van der Waals surface area contributed by atoms with Gasteiger partial charge in [0.15, 0.2) is 5.13 Å². The van der Waals surface area contributed by atoms with Crippen LogP contribution in [-0.4, -0.2) is 48.8 Å². The summed E-state index contributed by atoms with van der Waals surface area (Å²) in [6.07, 6.45) is 0. The van der Waals surface area contributed by atoms with Crippen molar-refractivity contribution in [2.45, 2.75) is 0 Å². The first-order valence-corrected chi connectivity index (χ1v) is 10.1. The Balaban J connectivity index is 0.00000363. The van der Waals surface area contributed by atoms with Crippen molar-refractivity contribution in [3.05, 3.63) is 70.1 Å². The Hall–Kier alpha value is -3.08. The van der Waals surface area contributed by atoms with Crippen molar-refractivity contribution in [2.75, 3.05) is 38.2 Å². The number of amides is 1. The summed E-state index contributed by atoms with van der Waals surface area (Å²) in [7, 11) is 3.84. The van der Waals surface area contributed by atoms with E-state index < -0.39 is 23.0 Å². The first kappa shape index (κ1) is 25.2. The Morgan fingerprint density at radius 3 is 2.31 bits per heavy atom. The third-order valence-electron chi connectivity index (χ3n) is 4.29. The summed E-state index contributed by atoms with van der Waals surface area (Å²) >= 11 is 0.885. The molecule has 0 aliphatic carbocycles. The van der Waals surface area contributed by atoms with Crippen molar-refractivity contribution in [1.29, 1.82) is 0 Å². The standard InChI is InChI=1S/C21H21F2N5O2S.ClH/c1-28(2)11-10-25-20(30)12-6-8-13(9-7-12)26-21-27-19(24)18(31-21)17(29)16-14(22)4-3-5-15(16)23;/h3-9H,10-11,24H2,1-2H3,(H,25,30)(H,26,27);1H. The van der Waals surface area contributed by atoms with E-state index in [0.717, 1.165) is 30.0 Å². The Morgan fingerprint density at radius 1 is 1.09 bits per heavy atom. The molecular weight excluding hydrogens is 460 g/mol. The van der Waals surface area contributed by atoms with Gasteiger partial charge in [-0.25, -0.2) is 13.8 Å². The monoisotopic (exact) mass is 481 g/mol. The number of benzene rings is 2. The molecule has 3 rings (SSSR count). The zero-order chi connectivity index (χ0) is 22.5. The minimum atomic E-state index is -0.966. The van der Waals surface area contributed by atoms with Crippen LogP contribution >= 0.6 is 23.7 Å². The van der Waals surface area contributed by atoms with Crippen LogP contribution in [0.3, 0.4) is 0 Å². The van der Waals surface area contributed by atoms with Crippen LogP contribution < -0.4 is 16.4 Å². The van der Waals surface area contributed by atoms with Crippen LogP contribution in [0.25, 0.3) is 0 Å². The third-order valence-corrected chi connectivity index (χ3v) is 5.28. The lowest BCUT2D eigenvalue weighted by Crippen LogP contribution is -2.31. The van der Waals surface area contributed by atoms with Crippen LogP contribution in [-0.2, 0) is 0 Å². The molecule has 4 N–H and O–H groups in total. The molecule has 0 fully saturated rings. The number of nitrogen functional groups attached to an aromatic ring is 1. The Kier molecular flexibility index (Phi) is 8.64. The van der Waals surface area contributed by atoms with Gasteiger partial charge in [-0.15, -0.1) is 12.4 Å². The number of hydrogen-bond donors (Lipinski definition) is 3. The molecule has 0 bridgehead atoms. The van der Waals surface area contributed by atoms with Crippen LogP contribution in [0.2, 0.25) is 0 Å². The summed E-state index contributed by atoms with van der Waals surface area (Å²) in [6, 6.07) is 9.83. The maximum atomic E-state index is 13.9. The molecule has 1 aromatic heterocycles. The number of nitrogens with zero attached hydrogens (tertiary/aromatic N) is 2. The van der Waals surface area contributed by atoms with Crippen LogP contribution in [0.15, 0.2) is 42.5 Å². The number of nitrogens with two attached hydrogens (primary N) is 1. The van der Waals surface area contributed by atoms with Crippen molar-refractivity contribution in [2.24, 2.45) is 0 Å². The quantitative estimate of drug-likeness (QED) is 0.424. The summed E-state index contributed by atoms with van der Waals surface area (Å²) in [4.78, 5) is 30.7. The number of nitrogens with one attached hydrogen (secondary N) is 2. The van der Waals surface area contributed by atoms with Gasteiger partial charge in [0, 0.05) is 24.3 Å². The lowest BCUT2D eigenvalue weighted by atomic mass is 10.1. The number of carbonyl (C=O) groups excluding carboxylic acids is 2. The van der Waals surface area contributed by atoms with Gasteiger partial charge in [-0.05, 0) is 50.5 Å². The van der Waals surface area contributed by atoms with Gasteiger partial charge in [-0.1, -0.05) is 17.4 Å². The molecule has 0 aliphatic rings. The second kappa shape index (κ2) is 11.0. The molecule has 0 saturated heterocycles. The predicted octanol–water partition coefficient (Wildman–Crippen LogP) is 3.69. The van der Waals surface area contributed by atoms with Gasteiger partial charge in [-0.3, -0.25) is 9.59 Å². The molecule has 1 amide bonds. The number of carbonyl (C=O) groups is 2. The molecule has 0 saturated carbocycles. The predicted molar refractivity (Wildman–Crippen MR) is 124 cm³/mol. The van der Waals surface area contributed by atoms with Crippen molar-refractivity contribution in [3.63, 3.8) is 0 Å². The van der Waals surface area contributed by atoms with Crippen molar-refractivity contribution >= 4 is 52.1 Å². The number of halogens is 3. The first-order chi connectivity index (χ1) is 14.8. The minimum absolute atomic E-state index is 0. The van der Waals surface area contributed by atoms with E-state index in [2.05, 4.69) is 15.6 Å². The zero-order valence-corrected chi connectivity index (χ0v) is 18.9. The highest BCUT2D eigenvalue weighted by molar-refractivity contribution is 7.18. The largest absolute Gasteiger partial charge is 0.382 e. The topological polar surface area (TPSA) is 100 Å². The van der Waals surface area contributed by atoms with Crippen LogP contribution in [0.4, 0.5) is 25.4 Å². The van der Waals surface area contributed by atoms with Gasteiger partial charge in [0.1, 0.15) is 22.3 Å². The zero-order valence-electron chi connectivity index (χ0n) is 17.3. The molecule has 0 atom stereocenters. The summed E-state index contributed by atoms with van der Waals surface area (Å²) in [5.74, 6) is -3.12. The Bertz CT molecular complexity index is 1090. The van der Waals surface area contributed by atoms with Crippen LogP contribution in [0.5, 0.6) is 0 Å². The highest BCUT2D eigenvalue weighted by Crippen LogP contribution is 2.31. The average Bonchev–Trinajstić information content (AvgIpc) is 3.08. The van der Waals surface area contributed by atoms with Crippen molar-refractivity contribution in [3.8, 4) is 0 Å². The summed E-state index contributed by atoms with van der Waals surface area (Å²) in [5.41, 5.74) is 6.23. The van der Waals surface area contributed by atoms with E-state index in [1.807, 2.05) is 19.0 Å². The fourth-order valence-corrected chi connectivity index (χ4v) is 3.55. The fraction of sp³-hybridized carbons (Fsp3) is 0.190. The van der Waals surface area contributed by atoms with Crippen LogP contribution in [0, 0.1) is 11.6 Å². The normalized spacial score (nSPS) is 10.5. The number of hydrogen-bond acceptors (Lipinski definition) is 7. The third kappa shape index (κ3) is 6.00. The second-order valence-corrected chi connectivity index (χ2v) is 7.92. The maximum absolute atomic E-state index is 13.9. The number of rotatable bonds is 8. The van der Waals surface area contributed by atoms with E-state index in [4.69, 9.17) is 5.73 Å². The van der Waals surface area contributed by atoms with Gasteiger partial charge in [0.25, 0.3) is 5.91 Å². The van der Waals surface area contributed by atoms with E-state index in [0.29, 0.717) is 17.8 Å². The molecule has 0 aliphatic heterocycles. The highest BCUT2D eigenvalue weighted by atomic mass is 35.5. The van der Waals surface area contributed by atoms with Gasteiger partial charge >= 0.3 is 0 Å². The maximum Gasteiger partial charge on any atom is 0.251 e. The molecule has 0 radical (unpaired) electrons. The van der Waals surface area contributed by atoms with E-state index in [1.54, 1.807) is 24.3 Å². The SMILES string of the molecule is CN(C)CCNC(=O)c1ccc(Nc2nc(N)c(C(=O)c3c(F)cccc3F)s2)cc1.Cl. The van der Waals surface area contributed by atoms with Crippen molar-refractivity contribution < 1.29 is 18.4 Å². The molecule has 0 spiro atoms. The lowest BCUT2D eigenvalue weighted by Gasteiger charge is -2.10. The first-order valence-electron chi connectivity index (χ1n) is 9.31. The van der Waals surface area contributed by atoms with Gasteiger partial charge < -0.3 is 21.3 Å². The van der Waals surface area contributed by atoms with Gasteiger partial charge in [-0.2, -0.15) is 0 Å². The van der Waals surface area contributed by atoms with E-state index in [9.17, 15) is 18.4 Å². The molecule has 2 aromatic carbocycles. The van der Waals surface area contributed by atoms with E-state index in [1.165, 1.54) is 6.07 Å². The summed E-state index contributed by atoms with van der Waals surface area (Å²) in [6.45, 7) is 1.26. The number of likely N-dealkylation sites (N-methyl/N-ethyl adjacent to an activating group) is 1. The summed E-state index contributed by atoms with van der Waals surface area (Å²) < 4.78 is 27.8. The number of aromatic nitrogens is 1. The molecule has 7 nitrogen and oxygen atoms in total. The second-order valence-electron chi connectivity index (χ2n) is 6.92. The average molecular weight is 482 g/mol. The molecule has 32 heavy (non-hydrogen) atoms. The van der Waals surface area contributed by atoms with E-state index in [-0.39, 0.29) is 34.1 Å². The minimum Gasteiger partial charge on any atom is -0.382 e. The smallest absolute Gasteiger partial charge is 0.251 e. The summed E-state index contributed by atoms with van der Waals surface area (Å²) in [5, 5.41) is 6.07. The fourth-order valence-electron chi connectivity index (χ4n) is 2.70. The molecule has 3 aromatic rings. The van der Waals surface area contributed by atoms with Crippen molar-refractivity contribution in [1.82, 2.24) is 15.2 Å². The molecule has 170 valence electrons. The number of thiazole rings is 1. The van der Waals surface area contributed by atoms with Gasteiger partial charge in [0.05, 0.1) is 5.56 Å². The molecule has 0 unspecified atom stereocenters. The Morgan fingerprint density at radius 2 is 1.72 bits per heavy atom. The molecule has 11 heteroatoms. The Labute approximate surface area is 194 Å². The molecular formula is C21H22ClF2N5O2S. The lowest BCUT2D eigenvalue weighted by molar-refractivity contribution is 0.0950. The van der Waals surface area contributed by atoms with Crippen LogP contribution in [0.1, 0.15) is 25.6 Å². The number of anilines is 3. The molecule has 1 heterocycles.